The molecule has 18 heavy (non-hydrogen) atoms. The van der Waals surface area contributed by atoms with Gasteiger partial charge in [-0.25, -0.2) is 0 Å². The van der Waals surface area contributed by atoms with Gasteiger partial charge in [0, 0.05) is 17.1 Å². The minimum absolute atomic E-state index is 0.351. The molecule has 0 spiro atoms. The van der Waals surface area contributed by atoms with Crippen LogP contribution in [0.25, 0.3) is 0 Å². The van der Waals surface area contributed by atoms with Gasteiger partial charge in [0.1, 0.15) is 6.54 Å². The van der Waals surface area contributed by atoms with Crippen molar-refractivity contribution in [3.63, 3.8) is 0 Å². The smallest absolute Gasteiger partial charge is 0.322 e. The van der Waals surface area contributed by atoms with E-state index in [-0.39, 0.29) is 12.5 Å². The van der Waals surface area contributed by atoms with Crippen molar-refractivity contribution in [2.75, 3.05) is 18.1 Å². The van der Waals surface area contributed by atoms with E-state index in [1.165, 1.54) is 5.56 Å². The summed E-state index contributed by atoms with van der Waals surface area (Å²) in [6.07, 6.45) is 0. The van der Waals surface area contributed by atoms with Gasteiger partial charge in [-0.3, -0.25) is 9.59 Å². The van der Waals surface area contributed by atoms with Crippen molar-refractivity contribution in [3.8, 4) is 0 Å². The maximum atomic E-state index is 11.6. The predicted octanol–water partition coefficient (Wildman–Crippen LogP) is 1.98. The molecule has 1 fully saturated rings. The van der Waals surface area contributed by atoms with Crippen LogP contribution in [0.4, 0.5) is 0 Å². The van der Waals surface area contributed by atoms with E-state index in [4.69, 9.17) is 5.11 Å². The molecule has 4 nitrogen and oxygen atoms in total. The molecule has 1 aromatic carbocycles. The molecule has 1 aliphatic rings. The van der Waals surface area contributed by atoms with Crippen LogP contribution in [0.5, 0.6) is 0 Å². The number of rotatable bonds is 4. The highest BCUT2D eigenvalue weighted by atomic mass is 32.2. The molecular formula is C12H13NO3S2. The van der Waals surface area contributed by atoms with E-state index in [1.54, 1.807) is 12.1 Å². The van der Waals surface area contributed by atoms with Crippen molar-refractivity contribution in [2.45, 2.75) is 4.58 Å². The molecule has 1 saturated heterocycles. The van der Waals surface area contributed by atoms with Crippen LogP contribution in [0.2, 0.25) is 0 Å². The summed E-state index contributed by atoms with van der Waals surface area (Å²) in [7, 11) is 0. The summed E-state index contributed by atoms with van der Waals surface area (Å²) in [4.78, 5) is 21.9. The number of aliphatic carboxylic acids is 1. The molecule has 0 bridgehead atoms. The number of amides is 1. The topological polar surface area (TPSA) is 66.4 Å². The highest BCUT2D eigenvalue weighted by Gasteiger charge is 2.18. The van der Waals surface area contributed by atoms with E-state index >= 15 is 0 Å². The highest BCUT2D eigenvalue weighted by molar-refractivity contribution is 8.19. The second kappa shape index (κ2) is 6.15. The number of carboxylic acids is 1. The summed E-state index contributed by atoms with van der Waals surface area (Å²) in [5.74, 6) is 0.932. The second-order valence-electron chi connectivity index (χ2n) is 3.77. The van der Waals surface area contributed by atoms with Crippen molar-refractivity contribution in [3.05, 3.63) is 35.4 Å². The molecule has 1 amide bonds. The molecule has 0 radical (unpaired) electrons. The van der Waals surface area contributed by atoms with E-state index in [1.807, 2.05) is 35.7 Å². The second-order valence-corrected chi connectivity index (χ2v) is 6.50. The fraction of sp³-hybridized carbons (Fsp3) is 0.333. The van der Waals surface area contributed by atoms with Crippen LogP contribution in [-0.2, 0) is 4.79 Å². The maximum absolute atomic E-state index is 11.6. The van der Waals surface area contributed by atoms with Crippen molar-refractivity contribution < 1.29 is 14.7 Å². The Morgan fingerprint density at radius 3 is 2.39 bits per heavy atom. The first-order valence-corrected chi connectivity index (χ1v) is 7.60. The molecule has 0 atom stereocenters. The summed E-state index contributed by atoms with van der Waals surface area (Å²) < 4.78 is 0.459. The Labute approximate surface area is 114 Å². The first-order valence-electron chi connectivity index (χ1n) is 5.50. The van der Waals surface area contributed by atoms with Gasteiger partial charge in [-0.05, 0) is 17.7 Å². The number of hydrogen-bond donors (Lipinski definition) is 2. The number of carboxylic acid groups (broad SMARTS) is 1. The summed E-state index contributed by atoms with van der Waals surface area (Å²) in [6.45, 7) is -0.352. The minimum atomic E-state index is -1.04. The Hall–Kier alpha value is -1.14. The van der Waals surface area contributed by atoms with Gasteiger partial charge in [-0.15, -0.1) is 23.5 Å². The molecule has 96 valence electrons. The fourth-order valence-corrected chi connectivity index (χ4v) is 4.46. The molecule has 2 rings (SSSR count). The quantitative estimate of drug-likeness (QED) is 0.884. The lowest BCUT2D eigenvalue weighted by Gasteiger charge is -2.09. The standard InChI is InChI=1S/C12H13NO3S2/c14-10(15)7-13-11(16)8-1-3-9(4-2-8)12-17-5-6-18-12/h1-4,12H,5-7H2,(H,13,16)(H,14,15). The zero-order valence-corrected chi connectivity index (χ0v) is 11.2. The number of thioether (sulfide) groups is 2. The molecule has 2 N–H and O–H groups in total. The molecule has 0 unspecified atom stereocenters. The summed E-state index contributed by atoms with van der Waals surface area (Å²) in [5, 5.41) is 10.8. The number of nitrogens with one attached hydrogen (secondary N) is 1. The van der Waals surface area contributed by atoms with Crippen LogP contribution in [0.15, 0.2) is 24.3 Å². The average molecular weight is 283 g/mol. The lowest BCUT2D eigenvalue weighted by atomic mass is 10.1. The fourth-order valence-electron chi connectivity index (χ4n) is 1.60. The number of benzene rings is 1. The van der Waals surface area contributed by atoms with Gasteiger partial charge < -0.3 is 10.4 Å². The lowest BCUT2D eigenvalue weighted by molar-refractivity contribution is -0.135. The van der Waals surface area contributed by atoms with Gasteiger partial charge in [0.05, 0.1) is 4.58 Å². The number of hydrogen-bond acceptors (Lipinski definition) is 4. The lowest BCUT2D eigenvalue weighted by Crippen LogP contribution is -2.29. The van der Waals surface area contributed by atoms with Crippen molar-refractivity contribution in [2.24, 2.45) is 0 Å². The maximum Gasteiger partial charge on any atom is 0.322 e. The van der Waals surface area contributed by atoms with Gasteiger partial charge in [0.15, 0.2) is 0 Å². The van der Waals surface area contributed by atoms with Gasteiger partial charge in [0.2, 0.25) is 0 Å². The van der Waals surface area contributed by atoms with Gasteiger partial charge in [0.25, 0.3) is 5.91 Å². The van der Waals surface area contributed by atoms with E-state index in [0.29, 0.717) is 10.1 Å². The van der Waals surface area contributed by atoms with Crippen LogP contribution in [-0.4, -0.2) is 35.0 Å². The predicted molar refractivity (Wildman–Crippen MR) is 74.1 cm³/mol. The van der Waals surface area contributed by atoms with E-state index in [2.05, 4.69) is 5.32 Å². The Bertz CT molecular complexity index is 441. The average Bonchev–Trinajstić information content (AvgIpc) is 2.90. The molecule has 0 aliphatic carbocycles. The van der Waals surface area contributed by atoms with Crippen LogP contribution in [0, 0.1) is 0 Å². The molecule has 1 aromatic rings. The number of carbonyl (C=O) groups excluding carboxylic acids is 1. The van der Waals surface area contributed by atoms with Gasteiger partial charge in [-0.2, -0.15) is 0 Å². The summed E-state index contributed by atoms with van der Waals surface area (Å²) in [6, 6.07) is 7.36. The van der Waals surface area contributed by atoms with Crippen molar-refractivity contribution in [1.82, 2.24) is 5.32 Å². The van der Waals surface area contributed by atoms with Gasteiger partial charge >= 0.3 is 5.97 Å². The Morgan fingerprint density at radius 1 is 1.22 bits per heavy atom. The van der Waals surface area contributed by atoms with Crippen LogP contribution < -0.4 is 5.32 Å². The monoisotopic (exact) mass is 283 g/mol. The highest BCUT2D eigenvalue weighted by Crippen LogP contribution is 2.45. The minimum Gasteiger partial charge on any atom is -0.480 e. The van der Waals surface area contributed by atoms with Crippen LogP contribution >= 0.6 is 23.5 Å². The molecule has 0 saturated carbocycles. The van der Waals surface area contributed by atoms with E-state index in [9.17, 15) is 9.59 Å². The molecular weight excluding hydrogens is 270 g/mol. The molecule has 0 aromatic heterocycles. The Morgan fingerprint density at radius 2 is 1.83 bits per heavy atom. The van der Waals surface area contributed by atoms with Crippen LogP contribution in [0.1, 0.15) is 20.5 Å². The summed E-state index contributed by atoms with van der Waals surface area (Å²) in [5.41, 5.74) is 1.70. The summed E-state index contributed by atoms with van der Waals surface area (Å²) >= 11 is 3.82. The van der Waals surface area contributed by atoms with Crippen LogP contribution in [0.3, 0.4) is 0 Å². The zero-order valence-electron chi connectivity index (χ0n) is 9.59. The Balaban J connectivity index is 1.98. The first kappa shape index (κ1) is 13.3. The first-order chi connectivity index (χ1) is 8.66. The van der Waals surface area contributed by atoms with E-state index < -0.39 is 5.97 Å². The number of carbonyl (C=O) groups is 2. The Kier molecular flexibility index (Phi) is 4.54. The SMILES string of the molecule is O=C(O)CNC(=O)c1ccc(C2SCCS2)cc1. The zero-order chi connectivity index (χ0) is 13.0. The third kappa shape index (κ3) is 3.43. The third-order valence-corrected chi connectivity index (χ3v) is 5.57. The van der Waals surface area contributed by atoms with E-state index in [0.717, 1.165) is 11.5 Å². The molecule has 1 aliphatic heterocycles. The van der Waals surface area contributed by atoms with Crippen molar-refractivity contribution >= 4 is 35.4 Å². The van der Waals surface area contributed by atoms with Crippen molar-refractivity contribution in [1.29, 1.82) is 0 Å². The largest absolute Gasteiger partial charge is 0.480 e. The molecule has 1 heterocycles. The molecule has 6 heteroatoms. The third-order valence-electron chi connectivity index (χ3n) is 2.47. The van der Waals surface area contributed by atoms with Gasteiger partial charge in [-0.1, -0.05) is 12.1 Å². The normalized spacial score (nSPS) is 15.6.